The summed E-state index contributed by atoms with van der Waals surface area (Å²) in [7, 11) is 2.90. The van der Waals surface area contributed by atoms with E-state index in [1.165, 1.54) is 14.2 Å². The number of rotatable bonds is 8. The van der Waals surface area contributed by atoms with Crippen molar-refractivity contribution in [2.75, 3.05) is 20.8 Å². The largest absolute Gasteiger partial charge is 0.387 e. The Kier molecular flexibility index (Phi) is 7.55. The second-order valence-electron chi connectivity index (χ2n) is 8.05. The van der Waals surface area contributed by atoms with Gasteiger partial charge in [0.1, 0.15) is 30.0 Å². The molecule has 1 heterocycles. The lowest BCUT2D eigenvalue weighted by Gasteiger charge is -2.43. The van der Waals surface area contributed by atoms with Gasteiger partial charge in [0.15, 0.2) is 6.29 Å². The van der Waals surface area contributed by atoms with Crippen molar-refractivity contribution < 1.29 is 29.2 Å². The summed E-state index contributed by atoms with van der Waals surface area (Å²) in [4.78, 5) is 0. The minimum atomic E-state index is -1.22. The summed E-state index contributed by atoms with van der Waals surface area (Å²) in [5.41, 5.74) is 1.93. The summed E-state index contributed by atoms with van der Waals surface area (Å²) in [5.74, 6) is 0. The van der Waals surface area contributed by atoms with Crippen LogP contribution in [0.1, 0.15) is 16.7 Å². The standard InChI is InChI=1S/C27H30O6/c1-30-25-22(33-26(31-2)24(29)23(25)28)18-32-27(19-12-6-3-7-13-19,20-14-8-4-9-15-20)21-16-10-5-11-17-21/h3-17,22-26,28-29H,18H2,1-2H3/t22?,23-,24?,25-,26-/m1/s1. The summed E-state index contributed by atoms with van der Waals surface area (Å²) in [6, 6.07) is 30.0. The summed E-state index contributed by atoms with van der Waals surface area (Å²) in [5, 5.41) is 20.9. The van der Waals surface area contributed by atoms with Gasteiger partial charge in [-0.2, -0.15) is 0 Å². The third kappa shape index (κ3) is 4.59. The Hall–Kier alpha value is -2.58. The van der Waals surface area contributed by atoms with Gasteiger partial charge in [-0.05, 0) is 16.7 Å². The number of benzene rings is 3. The van der Waals surface area contributed by atoms with Gasteiger partial charge >= 0.3 is 0 Å². The van der Waals surface area contributed by atoms with Gasteiger partial charge in [0, 0.05) is 14.2 Å². The van der Waals surface area contributed by atoms with E-state index in [0.29, 0.717) is 0 Å². The molecule has 6 nitrogen and oxygen atoms in total. The molecule has 0 amide bonds. The highest BCUT2D eigenvalue weighted by atomic mass is 16.7. The minimum absolute atomic E-state index is 0.0842. The van der Waals surface area contributed by atoms with E-state index < -0.39 is 36.3 Å². The first-order valence-electron chi connectivity index (χ1n) is 11.0. The fourth-order valence-electron chi connectivity index (χ4n) is 4.50. The first kappa shape index (κ1) is 23.6. The first-order valence-corrected chi connectivity index (χ1v) is 11.0. The predicted octanol–water partition coefficient (Wildman–Crippen LogP) is 3.10. The molecule has 6 heteroatoms. The third-order valence-corrected chi connectivity index (χ3v) is 6.15. The van der Waals surface area contributed by atoms with E-state index in [1.807, 2.05) is 91.0 Å². The summed E-state index contributed by atoms with van der Waals surface area (Å²) >= 11 is 0. The van der Waals surface area contributed by atoms with Crippen LogP contribution in [0.15, 0.2) is 91.0 Å². The molecule has 1 fully saturated rings. The molecule has 2 N–H and O–H groups in total. The Balaban J connectivity index is 1.77. The molecule has 1 aliphatic rings. The average molecular weight is 451 g/mol. The third-order valence-electron chi connectivity index (χ3n) is 6.15. The van der Waals surface area contributed by atoms with Crippen LogP contribution in [0.25, 0.3) is 0 Å². The van der Waals surface area contributed by atoms with Crippen molar-refractivity contribution in [3.8, 4) is 0 Å². The van der Waals surface area contributed by atoms with Crippen molar-refractivity contribution in [3.05, 3.63) is 108 Å². The van der Waals surface area contributed by atoms with Crippen molar-refractivity contribution in [3.63, 3.8) is 0 Å². The summed E-state index contributed by atoms with van der Waals surface area (Å²) < 4.78 is 23.5. The lowest BCUT2D eigenvalue weighted by Crippen LogP contribution is -2.60. The zero-order valence-corrected chi connectivity index (χ0v) is 18.8. The van der Waals surface area contributed by atoms with Crippen LogP contribution in [0.4, 0.5) is 0 Å². The first-order chi connectivity index (χ1) is 16.1. The Morgan fingerprint density at radius 3 is 1.55 bits per heavy atom. The van der Waals surface area contributed by atoms with E-state index in [4.69, 9.17) is 18.9 Å². The van der Waals surface area contributed by atoms with Crippen LogP contribution in [0.5, 0.6) is 0 Å². The van der Waals surface area contributed by atoms with E-state index >= 15 is 0 Å². The summed E-state index contributed by atoms with van der Waals surface area (Å²) in [6.07, 6.45) is -4.85. The highest BCUT2D eigenvalue weighted by Gasteiger charge is 2.47. The van der Waals surface area contributed by atoms with Crippen molar-refractivity contribution in [1.82, 2.24) is 0 Å². The van der Waals surface area contributed by atoms with E-state index in [2.05, 4.69) is 0 Å². The van der Waals surface area contributed by atoms with Crippen LogP contribution >= 0.6 is 0 Å². The highest BCUT2D eigenvalue weighted by molar-refractivity contribution is 5.47. The average Bonchev–Trinajstić information content (AvgIpc) is 2.88. The van der Waals surface area contributed by atoms with Crippen LogP contribution in [0.2, 0.25) is 0 Å². The molecule has 1 aliphatic heterocycles. The number of aliphatic hydroxyl groups is 2. The molecule has 4 rings (SSSR count). The lowest BCUT2D eigenvalue weighted by atomic mass is 9.80. The van der Waals surface area contributed by atoms with Gasteiger partial charge in [-0.1, -0.05) is 91.0 Å². The van der Waals surface area contributed by atoms with Gasteiger partial charge < -0.3 is 29.2 Å². The van der Waals surface area contributed by atoms with E-state index in [9.17, 15) is 10.2 Å². The molecule has 174 valence electrons. The molecule has 0 aromatic heterocycles. The quantitative estimate of drug-likeness (QED) is 0.514. The summed E-state index contributed by atoms with van der Waals surface area (Å²) in [6.45, 7) is 0.0842. The molecule has 3 aromatic carbocycles. The maximum Gasteiger partial charge on any atom is 0.186 e. The molecule has 33 heavy (non-hydrogen) atoms. The number of methoxy groups -OCH3 is 2. The number of hydrogen-bond acceptors (Lipinski definition) is 6. The van der Waals surface area contributed by atoms with Crippen LogP contribution in [0.3, 0.4) is 0 Å². The molecule has 0 saturated carbocycles. The van der Waals surface area contributed by atoms with E-state index in [-0.39, 0.29) is 6.61 Å². The van der Waals surface area contributed by atoms with Crippen molar-refractivity contribution in [2.45, 2.75) is 36.3 Å². The molecule has 0 spiro atoms. The van der Waals surface area contributed by atoms with Gasteiger partial charge in [-0.3, -0.25) is 0 Å². The maximum atomic E-state index is 10.6. The fraction of sp³-hybridized carbons (Fsp3) is 0.333. The SMILES string of the molecule is CO[C@@H]1OC(COC(c2ccccc2)(c2ccccc2)c2ccccc2)[C@@H](OC)[C@H](O)C1O. The second kappa shape index (κ2) is 10.6. The maximum absolute atomic E-state index is 10.6. The molecule has 1 saturated heterocycles. The van der Waals surface area contributed by atoms with Gasteiger partial charge in [-0.25, -0.2) is 0 Å². The van der Waals surface area contributed by atoms with Gasteiger partial charge in [-0.15, -0.1) is 0 Å². The Labute approximate surface area is 194 Å². The molecular formula is C27H30O6. The highest BCUT2D eigenvalue weighted by Crippen LogP contribution is 2.41. The molecule has 0 bridgehead atoms. The van der Waals surface area contributed by atoms with Crippen LogP contribution < -0.4 is 0 Å². The lowest BCUT2D eigenvalue weighted by molar-refractivity contribution is -0.302. The number of ether oxygens (including phenoxy) is 4. The van der Waals surface area contributed by atoms with Crippen molar-refractivity contribution in [2.24, 2.45) is 0 Å². The molecule has 0 aliphatic carbocycles. The van der Waals surface area contributed by atoms with Gasteiger partial charge in [0.05, 0.1) is 6.61 Å². The monoisotopic (exact) mass is 450 g/mol. The topological polar surface area (TPSA) is 77.4 Å². The number of hydrogen-bond donors (Lipinski definition) is 2. The predicted molar refractivity (Wildman–Crippen MR) is 124 cm³/mol. The molecule has 3 aromatic rings. The van der Waals surface area contributed by atoms with Crippen molar-refractivity contribution >= 4 is 0 Å². The van der Waals surface area contributed by atoms with Crippen LogP contribution in [-0.4, -0.2) is 61.7 Å². The van der Waals surface area contributed by atoms with Gasteiger partial charge in [0.2, 0.25) is 0 Å². The Morgan fingerprint density at radius 2 is 1.15 bits per heavy atom. The zero-order chi connectivity index (χ0) is 23.3. The molecule has 5 atom stereocenters. The second-order valence-corrected chi connectivity index (χ2v) is 8.05. The fourth-order valence-corrected chi connectivity index (χ4v) is 4.50. The van der Waals surface area contributed by atoms with Gasteiger partial charge in [0.25, 0.3) is 0 Å². The smallest absolute Gasteiger partial charge is 0.186 e. The minimum Gasteiger partial charge on any atom is -0.387 e. The van der Waals surface area contributed by atoms with Crippen molar-refractivity contribution in [1.29, 1.82) is 0 Å². The van der Waals surface area contributed by atoms with E-state index in [0.717, 1.165) is 16.7 Å². The molecule has 0 radical (unpaired) electrons. The van der Waals surface area contributed by atoms with Crippen LogP contribution in [0, 0.1) is 0 Å². The number of aliphatic hydroxyl groups excluding tert-OH is 2. The Bertz CT molecular complexity index is 885. The molecular weight excluding hydrogens is 420 g/mol. The Morgan fingerprint density at radius 1 is 0.697 bits per heavy atom. The molecule has 2 unspecified atom stereocenters. The van der Waals surface area contributed by atoms with Crippen LogP contribution in [-0.2, 0) is 24.5 Å². The van der Waals surface area contributed by atoms with E-state index in [1.54, 1.807) is 0 Å². The zero-order valence-electron chi connectivity index (χ0n) is 18.8. The normalized spacial score (nSPS) is 25.6.